The van der Waals surface area contributed by atoms with Crippen LogP contribution in [0.2, 0.25) is 10.0 Å². The summed E-state index contributed by atoms with van der Waals surface area (Å²) in [6.45, 7) is 9.11. The van der Waals surface area contributed by atoms with E-state index in [1.54, 1.807) is 26.0 Å². The number of ether oxygens (including phenoxy) is 8. The van der Waals surface area contributed by atoms with Gasteiger partial charge in [0.1, 0.15) is 89.5 Å². The lowest BCUT2D eigenvalue weighted by Crippen LogP contribution is -2.65. The summed E-state index contributed by atoms with van der Waals surface area (Å²) in [6.07, 6.45) is -22.9. The van der Waals surface area contributed by atoms with E-state index in [2.05, 4.69) is 42.5 Å². The fourth-order valence-electron chi connectivity index (χ4n) is 16.1. The van der Waals surface area contributed by atoms with Crippen molar-refractivity contribution < 1.29 is 127 Å². The van der Waals surface area contributed by atoms with Crippen molar-refractivity contribution in [2.45, 2.75) is 207 Å². The minimum Gasteiger partial charge on any atom is -0.508 e. The highest BCUT2D eigenvalue weighted by Crippen LogP contribution is 2.50. The van der Waals surface area contributed by atoms with Gasteiger partial charge < -0.3 is 143 Å². The number of aliphatic hydroxyl groups excluding tert-OH is 6. The second kappa shape index (κ2) is 37.5. The molecule has 7 heterocycles. The molecule has 7 aromatic carbocycles. The smallest absolute Gasteiger partial charge is 0.330 e. The normalized spacial score (nSPS) is 29.9. The van der Waals surface area contributed by atoms with Crippen LogP contribution in [0.1, 0.15) is 131 Å². The topological polar surface area (TPSA) is 561 Å². The zero-order valence-electron chi connectivity index (χ0n) is 68.0. The molecule has 662 valence electrons. The number of rotatable bonds is 19. The van der Waals surface area contributed by atoms with Crippen molar-refractivity contribution in [3.8, 4) is 68.2 Å². The van der Waals surface area contributed by atoms with Gasteiger partial charge in [-0.25, -0.2) is 4.79 Å². The molecule has 36 nitrogen and oxygen atoms in total. The van der Waals surface area contributed by atoms with Crippen molar-refractivity contribution in [1.82, 2.24) is 42.5 Å². The number of carbonyl (C=O) groups is 8. The summed E-state index contributed by atoms with van der Waals surface area (Å²) in [4.78, 5) is 121. The Morgan fingerprint density at radius 1 is 0.653 bits per heavy atom. The number of primary amides is 1. The van der Waals surface area contributed by atoms with E-state index in [0.717, 1.165) is 65.2 Å². The number of hydrogen-bond acceptors (Lipinski definition) is 28. The van der Waals surface area contributed by atoms with Crippen LogP contribution in [0.25, 0.3) is 22.3 Å². The Labute approximate surface area is 720 Å². The Morgan fingerprint density at radius 2 is 1.30 bits per heavy atom. The number of aromatic hydroxyl groups is 3. The summed E-state index contributed by atoms with van der Waals surface area (Å²) in [5.74, 6) is -15.8. The van der Waals surface area contributed by atoms with Crippen LogP contribution in [-0.2, 0) is 68.6 Å². The third kappa shape index (κ3) is 19.8. The summed E-state index contributed by atoms with van der Waals surface area (Å²) in [6, 6.07) is 16.5. The van der Waals surface area contributed by atoms with E-state index in [-0.39, 0.29) is 64.9 Å². The van der Waals surface area contributed by atoms with E-state index in [0.29, 0.717) is 5.02 Å². The Morgan fingerprint density at radius 3 is 1.95 bits per heavy atom. The van der Waals surface area contributed by atoms with Crippen LogP contribution in [0.15, 0.2) is 133 Å². The van der Waals surface area contributed by atoms with Gasteiger partial charge in [-0.2, -0.15) is 0 Å². The number of aliphatic hydroxyl groups is 6. The van der Waals surface area contributed by atoms with Gasteiger partial charge in [-0.3, -0.25) is 33.6 Å². The molecule has 7 aliphatic heterocycles. The standard InChI is InChI=1S/C86H98Cl2N10O26/c1-36(2)23-52(91-7)77(109)97-67-69(104)43-18-22-56(51(88)26-43)120-58-28-45-27-57(73(58)124-84-74(71(106)70(105)59(35-99)121-84)123-62-33-86(6,76(108)38(4)118-62)92-34-39-11-13-40(14-12-39)41-15-19-46(87)20-16-41)119-48-10-8-9-44(24-48)72(122-61-32-85(5,90)75(107)37(3)117-61)68-82(114)96-66(83(115)116)50-29-47(100)30-55(102)63(50)49-25-42(17-21-54(49)101)64(79(111)98-68)95-80(112)65(45)94-78(110)53(31-60(89)103)93-81(67)113/h8-22,24-30,36-38,52-53,59,61-62,64-72,74-76,84,91-92,99-102,104-108H,23,31-35,90H2,1-7H3,(H2,89,103)(H,93,113)(H,94,110)(H,95,112)(H,96,114)(H,97,109)(H,98,111)(H,115,116)/t37-,38-,52+,53+,59+,61+,62+,64-,65-,66+,67-,68+,69-,70+,71-,72-,74+,75+,76+,84+,85-,86-/m1/s1. The third-order valence-corrected chi connectivity index (χ3v) is 23.4. The van der Waals surface area contributed by atoms with Crippen LogP contribution in [-0.4, -0.2) is 215 Å². The molecule has 0 spiro atoms. The Balaban J connectivity index is 1.02. The molecule has 22 atom stereocenters. The minimum atomic E-state index is -2.36. The number of benzene rings is 7. The molecule has 0 aromatic heterocycles. The molecule has 7 amide bonds. The molecule has 11 bridgehead atoms. The van der Waals surface area contributed by atoms with Crippen molar-refractivity contribution in [3.05, 3.63) is 177 Å². The van der Waals surface area contributed by atoms with Crippen molar-refractivity contribution >= 4 is 70.5 Å². The molecular weight excluding hydrogens is 1660 g/mol. The molecular formula is C86H98Cl2N10O26. The largest absolute Gasteiger partial charge is 0.508 e. The van der Waals surface area contributed by atoms with Gasteiger partial charge in [0.05, 0.1) is 48.5 Å². The summed E-state index contributed by atoms with van der Waals surface area (Å²) in [5.41, 5.74) is 9.76. The first kappa shape index (κ1) is 90.8. The summed E-state index contributed by atoms with van der Waals surface area (Å²) in [7, 11) is 1.48. The molecule has 3 fully saturated rings. The van der Waals surface area contributed by atoms with Gasteiger partial charge in [-0.1, -0.05) is 97.7 Å². The van der Waals surface area contributed by atoms with E-state index in [1.165, 1.54) is 57.3 Å². The average Bonchev–Trinajstić information content (AvgIpc) is 1.02. The molecule has 14 rings (SSSR count). The minimum absolute atomic E-state index is 0.113. The second-order valence-electron chi connectivity index (χ2n) is 32.6. The van der Waals surface area contributed by atoms with Crippen LogP contribution in [0.5, 0.6) is 46.0 Å². The zero-order chi connectivity index (χ0) is 89.4. The van der Waals surface area contributed by atoms with E-state index in [4.69, 9.17) is 72.6 Å². The van der Waals surface area contributed by atoms with Crippen molar-refractivity contribution in [1.29, 1.82) is 0 Å². The van der Waals surface area contributed by atoms with Gasteiger partial charge in [0, 0.05) is 58.2 Å². The monoisotopic (exact) mass is 1760 g/mol. The molecule has 7 aliphatic rings. The molecule has 124 heavy (non-hydrogen) atoms. The van der Waals surface area contributed by atoms with E-state index in [1.807, 2.05) is 50.2 Å². The number of amides is 7. The lowest BCUT2D eigenvalue weighted by Gasteiger charge is -2.48. The number of likely N-dealkylation sites (N-methyl/N-ethyl adjacent to an activating group) is 1. The number of nitrogens with one attached hydrogen (secondary N) is 8. The quantitative estimate of drug-likeness (QED) is 0.0547. The van der Waals surface area contributed by atoms with Crippen molar-refractivity contribution in [3.63, 3.8) is 0 Å². The number of phenolic OH excluding ortho intramolecular Hbond substituents is 3. The Kier molecular flexibility index (Phi) is 27.5. The van der Waals surface area contributed by atoms with Crippen LogP contribution in [0.3, 0.4) is 0 Å². The van der Waals surface area contributed by atoms with E-state index in [9.17, 15) is 65.4 Å². The maximum atomic E-state index is 16.5. The van der Waals surface area contributed by atoms with Crippen LogP contribution >= 0.6 is 23.2 Å². The molecule has 0 saturated carbocycles. The number of hydrogen-bond donors (Lipinski definition) is 20. The van der Waals surface area contributed by atoms with Gasteiger partial charge in [-0.05, 0) is 153 Å². The van der Waals surface area contributed by atoms with Gasteiger partial charge in [-0.15, -0.1) is 0 Å². The number of carbonyl (C=O) groups excluding carboxylic acids is 7. The predicted molar refractivity (Wildman–Crippen MR) is 440 cm³/mol. The molecule has 0 radical (unpaired) electrons. The first-order valence-electron chi connectivity index (χ1n) is 40.0. The molecule has 22 N–H and O–H groups in total. The number of carboxylic acid groups (broad SMARTS) is 1. The highest BCUT2D eigenvalue weighted by atomic mass is 35.5. The zero-order valence-corrected chi connectivity index (χ0v) is 69.5. The lowest BCUT2D eigenvalue weighted by molar-refractivity contribution is -0.334. The van der Waals surface area contributed by atoms with Crippen molar-refractivity contribution in [2.75, 3.05) is 13.7 Å². The van der Waals surface area contributed by atoms with Gasteiger partial charge in [0.25, 0.3) is 0 Å². The molecule has 0 unspecified atom stereocenters. The molecule has 3 saturated heterocycles. The number of halogens is 2. The molecule has 0 aliphatic carbocycles. The number of carboxylic acids is 1. The van der Waals surface area contributed by atoms with Crippen LogP contribution in [0.4, 0.5) is 0 Å². The average molecular weight is 1760 g/mol. The third-order valence-electron chi connectivity index (χ3n) is 22.8. The van der Waals surface area contributed by atoms with E-state index < -0.39 is 250 Å². The Bertz CT molecular complexity index is 5190. The SMILES string of the molecule is CN[C@@H](CC(C)C)C(=O)N[C@H]1C(=O)N[C@@H](CC(N)=O)C(=O)N[C@H]2C(=O)N[C@H]3C(=O)N[C@H](C(=O)N[C@H](C(=O)O)c4cc(O)cc(O)c4-c4cc3ccc4O)[C@H](O[C@H]3C[C@@](C)(N)[C@@H](O)[C@@H](C)O3)c3cccc(c3)Oc3cc2cc(c3O[C@@H]2O[C@@H](CO)[C@H](O)[C@@H](O)[C@@H]2O[C@H]2C[C@@](C)(NCc3ccc(-c4ccc(Cl)cc4)cc3)[C@@H](O)[C@@H](C)O2)Oc2ccc(cc2Cl)[C@H]1O. The maximum Gasteiger partial charge on any atom is 0.330 e. The van der Waals surface area contributed by atoms with Crippen molar-refractivity contribution in [2.24, 2.45) is 17.4 Å². The van der Waals surface area contributed by atoms with Gasteiger partial charge in [0.2, 0.25) is 53.4 Å². The summed E-state index contributed by atoms with van der Waals surface area (Å²) < 4.78 is 53.2. The fraction of sp³-hybridized carbons (Fsp3) is 0.419. The number of fused-ring (bicyclic) bond motifs is 19. The van der Waals surface area contributed by atoms with Gasteiger partial charge >= 0.3 is 5.97 Å². The fourth-order valence-corrected chi connectivity index (χ4v) is 16.5. The molecule has 7 aromatic rings. The highest BCUT2D eigenvalue weighted by molar-refractivity contribution is 6.32. The number of nitrogens with two attached hydrogens (primary N) is 2. The van der Waals surface area contributed by atoms with Gasteiger partial charge in [0.15, 0.2) is 36.2 Å². The van der Waals surface area contributed by atoms with Crippen LogP contribution < -0.4 is 68.2 Å². The number of phenols is 3. The second-order valence-corrected chi connectivity index (χ2v) is 33.4. The maximum absolute atomic E-state index is 16.5. The lowest BCUT2D eigenvalue weighted by atomic mass is 9.84. The first-order valence-corrected chi connectivity index (χ1v) is 40.7. The summed E-state index contributed by atoms with van der Waals surface area (Å²) >= 11 is 13.4. The Hall–Kier alpha value is -10.9. The summed E-state index contributed by atoms with van der Waals surface area (Å²) in [5, 5.41) is 139. The van der Waals surface area contributed by atoms with Crippen LogP contribution in [0, 0.1) is 5.92 Å². The predicted octanol–water partition coefficient (Wildman–Crippen LogP) is 3.84. The number of aliphatic carboxylic acids is 1. The van der Waals surface area contributed by atoms with E-state index >= 15 is 24.0 Å². The highest BCUT2D eigenvalue weighted by Gasteiger charge is 2.53. The first-order chi connectivity index (χ1) is 58.8. The molecule has 38 heteroatoms.